The second kappa shape index (κ2) is 10.1. The number of nitrogens with one attached hydrogen (secondary N) is 1. The normalized spacial score (nSPS) is 20.2. The fraction of sp³-hybridized carbons (Fsp3) is 0.238. The van der Waals surface area contributed by atoms with Crippen LogP contribution in [0, 0.1) is 0 Å². The number of nitrogens with zero attached hydrogens (tertiary/aromatic N) is 4. The lowest BCUT2D eigenvalue weighted by Crippen LogP contribution is -2.71. The van der Waals surface area contributed by atoms with Crippen LogP contribution in [0.15, 0.2) is 64.6 Å². The largest absolute Gasteiger partial charge is 0.543 e. The Morgan fingerprint density at radius 1 is 1.41 bits per heavy atom. The molecular formula is C21H20N6O5S2. The van der Waals surface area contributed by atoms with Crippen LogP contribution < -0.4 is 20.7 Å². The van der Waals surface area contributed by atoms with Crippen molar-refractivity contribution in [3.05, 3.63) is 65.1 Å². The van der Waals surface area contributed by atoms with Gasteiger partial charge in [-0.05, 0) is 11.6 Å². The zero-order chi connectivity index (χ0) is 24.2. The molecule has 2 atom stereocenters. The smallest absolute Gasteiger partial charge is 0.276 e. The average Bonchev–Trinajstić information content (AvgIpc) is 3.26. The minimum absolute atomic E-state index is 0.139. The number of allylic oxidation sites excluding steroid dienone is 2. The maximum atomic E-state index is 12.8. The highest BCUT2D eigenvalue weighted by atomic mass is 32.2. The molecule has 1 unspecified atom stereocenters. The summed E-state index contributed by atoms with van der Waals surface area (Å²) in [6, 6.07) is 4.74. The van der Waals surface area contributed by atoms with Gasteiger partial charge in [-0.25, -0.2) is 9.55 Å². The molecule has 2 aromatic rings. The van der Waals surface area contributed by atoms with Crippen LogP contribution in [0.5, 0.6) is 0 Å². The summed E-state index contributed by atoms with van der Waals surface area (Å²) in [6.45, 7) is 0.536. The van der Waals surface area contributed by atoms with Gasteiger partial charge >= 0.3 is 0 Å². The first-order valence-corrected chi connectivity index (χ1v) is 12.0. The zero-order valence-electron chi connectivity index (χ0n) is 17.9. The van der Waals surface area contributed by atoms with Crippen LogP contribution in [0.3, 0.4) is 0 Å². The van der Waals surface area contributed by atoms with Crippen molar-refractivity contribution in [3.63, 3.8) is 0 Å². The Labute approximate surface area is 202 Å². The molecule has 13 heteroatoms. The van der Waals surface area contributed by atoms with E-state index in [0.717, 1.165) is 16.2 Å². The van der Waals surface area contributed by atoms with E-state index in [2.05, 4.69) is 15.5 Å². The van der Waals surface area contributed by atoms with Gasteiger partial charge in [0.15, 0.2) is 29.8 Å². The number of β-lactam (4-membered cyclic amide) rings is 1. The number of anilines is 1. The molecule has 11 nitrogen and oxygen atoms in total. The van der Waals surface area contributed by atoms with Crippen molar-refractivity contribution in [3.8, 4) is 0 Å². The number of carboxylic acid groups (broad SMARTS) is 1. The van der Waals surface area contributed by atoms with Crippen molar-refractivity contribution in [2.45, 2.75) is 18.0 Å². The summed E-state index contributed by atoms with van der Waals surface area (Å²) in [5.41, 5.74) is 5.98. The molecule has 34 heavy (non-hydrogen) atoms. The van der Waals surface area contributed by atoms with Gasteiger partial charge in [0, 0.05) is 23.3 Å². The first-order chi connectivity index (χ1) is 16.4. The van der Waals surface area contributed by atoms with Gasteiger partial charge in [0.1, 0.15) is 24.2 Å². The molecule has 0 aliphatic carbocycles. The standard InChI is InChI=1S/C21H20N6O5S2/c1-32-25-14(13-11-34-21(22)23-13)17(28)24-15-18(29)27-16(20(30)31)12(10-33-19(15)27)6-5-9-26-7-3-2-4-8-26/h2-8,11,15,19H,9-10H2,1H3,(H3-,22,23,24,28,30,31)/b6-5?,25-14-/t15?,19-/m1/s1. The van der Waals surface area contributed by atoms with Crippen LogP contribution in [0.4, 0.5) is 5.13 Å². The van der Waals surface area contributed by atoms with Crippen molar-refractivity contribution in [2.75, 3.05) is 18.6 Å². The van der Waals surface area contributed by atoms with E-state index in [4.69, 9.17) is 10.6 Å². The van der Waals surface area contributed by atoms with Crippen LogP contribution in [-0.4, -0.2) is 57.7 Å². The van der Waals surface area contributed by atoms with Crippen molar-refractivity contribution < 1.29 is 28.9 Å². The van der Waals surface area contributed by atoms with E-state index in [1.54, 1.807) is 11.5 Å². The highest BCUT2D eigenvalue weighted by Crippen LogP contribution is 2.40. The quantitative estimate of drug-likeness (QED) is 0.203. The highest BCUT2D eigenvalue weighted by Gasteiger charge is 2.53. The SMILES string of the molecule is CO/N=C(\C(=O)NC1C(=O)N2C(C(=O)[O-])=C(C=CC[n+]3ccccc3)CS[C@H]12)c1csc(N)n1. The molecule has 0 bridgehead atoms. The molecule has 2 aliphatic heterocycles. The van der Waals surface area contributed by atoms with E-state index in [0.29, 0.717) is 17.9 Å². The van der Waals surface area contributed by atoms with Gasteiger partial charge in [-0.1, -0.05) is 17.3 Å². The lowest BCUT2D eigenvalue weighted by molar-refractivity contribution is -0.687. The Hall–Kier alpha value is -3.71. The number of amides is 2. The molecule has 176 valence electrons. The van der Waals surface area contributed by atoms with E-state index in [1.807, 2.05) is 41.2 Å². The predicted octanol–water partition coefficient (Wildman–Crippen LogP) is -0.976. The number of oxime groups is 1. The van der Waals surface area contributed by atoms with Crippen molar-refractivity contribution in [2.24, 2.45) is 5.16 Å². The summed E-state index contributed by atoms with van der Waals surface area (Å²) in [7, 11) is 1.28. The molecule has 2 amide bonds. The molecule has 0 spiro atoms. The number of pyridine rings is 1. The summed E-state index contributed by atoms with van der Waals surface area (Å²) >= 11 is 2.47. The van der Waals surface area contributed by atoms with Crippen LogP contribution in [0.1, 0.15) is 5.69 Å². The molecule has 0 aromatic carbocycles. The maximum absolute atomic E-state index is 12.8. The van der Waals surface area contributed by atoms with Crippen molar-refractivity contribution in [1.82, 2.24) is 15.2 Å². The maximum Gasteiger partial charge on any atom is 0.276 e. The monoisotopic (exact) mass is 500 g/mol. The number of aromatic nitrogens is 2. The third kappa shape index (κ3) is 4.65. The fourth-order valence-electron chi connectivity index (χ4n) is 3.53. The number of nitrogen functional groups attached to an aromatic ring is 1. The molecule has 2 aliphatic rings. The molecule has 4 heterocycles. The predicted molar refractivity (Wildman–Crippen MR) is 123 cm³/mol. The third-order valence-corrected chi connectivity index (χ3v) is 7.03. The summed E-state index contributed by atoms with van der Waals surface area (Å²) in [5.74, 6) is -2.35. The minimum atomic E-state index is -1.45. The third-order valence-electron chi connectivity index (χ3n) is 5.05. The van der Waals surface area contributed by atoms with E-state index in [9.17, 15) is 19.5 Å². The number of rotatable bonds is 8. The lowest BCUT2D eigenvalue weighted by atomic mass is 10.0. The Bertz CT molecular complexity index is 1210. The van der Waals surface area contributed by atoms with Crippen molar-refractivity contribution >= 4 is 51.7 Å². The van der Waals surface area contributed by atoms with Gasteiger partial charge in [-0.15, -0.1) is 23.1 Å². The second-order valence-electron chi connectivity index (χ2n) is 7.19. The van der Waals surface area contributed by atoms with E-state index in [1.165, 1.54) is 18.9 Å². The Morgan fingerprint density at radius 3 is 2.82 bits per heavy atom. The van der Waals surface area contributed by atoms with Gasteiger partial charge in [-0.3, -0.25) is 14.5 Å². The number of carbonyl (C=O) groups excluding carboxylic acids is 3. The molecule has 0 radical (unpaired) electrons. The molecular weight excluding hydrogens is 480 g/mol. The topological polar surface area (TPSA) is 154 Å². The number of carboxylic acids is 1. The number of carbonyl (C=O) groups is 3. The molecule has 4 rings (SSSR count). The van der Waals surface area contributed by atoms with Gasteiger partial charge in [-0.2, -0.15) is 0 Å². The first-order valence-electron chi connectivity index (χ1n) is 10.0. The summed E-state index contributed by atoms with van der Waals surface area (Å²) in [6.07, 6.45) is 7.27. The van der Waals surface area contributed by atoms with Gasteiger partial charge < -0.3 is 25.8 Å². The summed E-state index contributed by atoms with van der Waals surface area (Å²) < 4.78 is 1.92. The number of thiazole rings is 1. The Balaban J connectivity index is 1.49. The molecule has 1 fully saturated rings. The lowest BCUT2D eigenvalue weighted by Gasteiger charge is -2.50. The summed E-state index contributed by atoms with van der Waals surface area (Å²) in [4.78, 5) is 47.4. The van der Waals surface area contributed by atoms with Crippen LogP contribution in [0.25, 0.3) is 0 Å². The molecule has 3 N–H and O–H groups in total. The van der Waals surface area contributed by atoms with Gasteiger partial charge in [0.25, 0.3) is 11.8 Å². The minimum Gasteiger partial charge on any atom is -0.543 e. The molecule has 0 saturated carbocycles. The molecule has 2 aromatic heterocycles. The molecule has 1 saturated heterocycles. The number of fused-ring (bicyclic) bond motifs is 1. The highest BCUT2D eigenvalue weighted by molar-refractivity contribution is 8.00. The Kier molecular flexibility index (Phi) is 6.93. The second-order valence-corrected chi connectivity index (χ2v) is 9.19. The van der Waals surface area contributed by atoms with Crippen molar-refractivity contribution in [1.29, 1.82) is 0 Å². The average molecular weight is 501 g/mol. The number of hydrogen-bond donors (Lipinski definition) is 2. The van der Waals surface area contributed by atoms with Gasteiger partial charge in [0.05, 0.1) is 11.7 Å². The zero-order valence-corrected chi connectivity index (χ0v) is 19.5. The summed E-state index contributed by atoms with van der Waals surface area (Å²) in [5, 5.41) is 19.4. The number of thioether (sulfide) groups is 1. The van der Waals surface area contributed by atoms with E-state index in [-0.39, 0.29) is 22.2 Å². The Morgan fingerprint density at radius 2 is 2.18 bits per heavy atom. The van der Waals surface area contributed by atoms with Gasteiger partial charge in [0.2, 0.25) is 0 Å². The number of nitrogens with two attached hydrogens (primary N) is 1. The fourth-order valence-corrected chi connectivity index (χ4v) is 5.40. The number of hydrogen-bond acceptors (Lipinski definition) is 10. The van der Waals surface area contributed by atoms with Crippen LogP contribution >= 0.6 is 23.1 Å². The van der Waals surface area contributed by atoms with Crippen LogP contribution in [-0.2, 0) is 25.8 Å². The number of aliphatic carboxylic acids is 1. The van der Waals surface area contributed by atoms with Crippen LogP contribution in [0.2, 0.25) is 0 Å². The van der Waals surface area contributed by atoms with E-state index >= 15 is 0 Å². The first kappa shape index (κ1) is 23.4. The van der Waals surface area contributed by atoms with E-state index < -0.39 is 29.2 Å².